The van der Waals surface area contributed by atoms with E-state index in [0.29, 0.717) is 12.0 Å². The number of nitrogens with one attached hydrogen (secondary N) is 2. The number of thiophene rings is 1. The average Bonchev–Trinajstić information content (AvgIpc) is 3.50. The molecule has 4 nitrogen and oxygen atoms in total. The molecule has 32 heavy (non-hydrogen) atoms. The fraction of sp³-hybridized carbons (Fsp3) is 0.444. The highest BCUT2D eigenvalue weighted by molar-refractivity contribution is 7.10. The molecule has 0 atom stereocenters. The summed E-state index contributed by atoms with van der Waals surface area (Å²) in [6.45, 7) is 3.63. The van der Waals surface area contributed by atoms with E-state index in [-0.39, 0.29) is 5.91 Å². The van der Waals surface area contributed by atoms with Crippen LogP contribution in [0.15, 0.2) is 54.1 Å². The summed E-state index contributed by atoms with van der Waals surface area (Å²) < 4.78 is 0. The number of benzene rings is 1. The maximum absolute atomic E-state index is 12.2. The van der Waals surface area contributed by atoms with Crippen molar-refractivity contribution in [2.75, 3.05) is 19.6 Å². The molecule has 1 aliphatic carbocycles. The highest BCUT2D eigenvalue weighted by Crippen LogP contribution is 2.34. The molecule has 0 bridgehead atoms. The van der Waals surface area contributed by atoms with Gasteiger partial charge in [-0.2, -0.15) is 0 Å². The number of nitrogens with zero attached hydrogens (tertiary/aromatic N) is 1. The van der Waals surface area contributed by atoms with Crippen molar-refractivity contribution in [2.24, 2.45) is 5.92 Å². The highest BCUT2D eigenvalue weighted by atomic mass is 32.1. The van der Waals surface area contributed by atoms with E-state index in [1.54, 1.807) is 17.4 Å². The lowest BCUT2D eigenvalue weighted by Gasteiger charge is -2.36. The van der Waals surface area contributed by atoms with E-state index in [4.69, 9.17) is 0 Å². The molecule has 1 saturated carbocycles. The van der Waals surface area contributed by atoms with Gasteiger partial charge >= 0.3 is 0 Å². The van der Waals surface area contributed by atoms with E-state index >= 15 is 0 Å². The van der Waals surface area contributed by atoms with Gasteiger partial charge in [0, 0.05) is 40.6 Å². The summed E-state index contributed by atoms with van der Waals surface area (Å²) >= 11 is 1.65. The quantitative estimate of drug-likeness (QED) is 0.469. The molecular weight excluding hydrogens is 414 g/mol. The second-order valence-corrected chi connectivity index (χ2v) is 10.4. The number of piperidine rings is 1. The number of aromatic nitrogens is 1. The molecule has 3 heterocycles. The van der Waals surface area contributed by atoms with Crippen LogP contribution in [0.3, 0.4) is 0 Å². The summed E-state index contributed by atoms with van der Waals surface area (Å²) in [7, 11) is 0. The number of likely N-dealkylation sites (tertiary alicyclic amines) is 1. The van der Waals surface area contributed by atoms with Crippen molar-refractivity contribution in [3.05, 3.63) is 64.5 Å². The second kappa shape index (κ2) is 10.1. The Morgan fingerprint density at radius 2 is 1.88 bits per heavy atom. The number of aromatic amines is 1. The van der Waals surface area contributed by atoms with Gasteiger partial charge in [-0.3, -0.25) is 4.79 Å². The monoisotopic (exact) mass is 447 g/mol. The number of hydrogen-bond acceptors (Lipinski definition) is 3. The van der Waals surface area contributed by atoms with Crippen LogP contribution in [0.2, 0.25) is 0 Å². The molecular formula is C27H33N3OS. The van der Waals surface area contributed by atoms with Crippen LogP contribution >= 0.6 is 11.3 Å². The van der Waals surface area contributed by atoms with Crippen molar-refractivity contribution in [3.63, 3.8) is 0 Å². The van der Waals surface area contributed by atoms with E-state index in [0.717, 1.165) is 23.6 Å². The zero-order valence-corrected chi connectivity index (χ0v) is 19.4. The molecule has 1 amide bonds. The third kappa shape index (κ3) is 5.16. The van der Waals surface area contributed by atoms with Crippen molar-refractivity contribution < 1.29 is 4.79 Å². The summed E-state index contributed by atoms with van der Waals surface area (Å²) in [5.41, 5.74) is 2.76. The number of para-hydroxylation sites is 1. The minimum absolute atomic E-state index is 0.0428. The number of hydrogen-bond donors (Lipinski definition) is 2. The molecule has 1 aromatic carbocycles. The first-order chi connectivity index (χ1) is 15.7. The van der Waals surface area contributed by atoms with Crippen LogP contribution in [0.4, 0.5) is 0 Å². The van der Waals surface area contributed by atoms with E-state index < -0.39 is 0 Å². The molecule has 2 N–H and O–H groups in total. The normalized spacial score (nSPS) is 23.1. The predicted molar refractivity (Wildman–Crippen MR) is 134 cm³/mol. The molecule has 5 heteroatoms. The van der Waals surface area contributed by atoms with Crippen molar-refractivity contribution in [1.82, 2.24) is 15.2 Å². The first-order valence-electron chi connectivity index (χ1n) is 12.0. The lowest BCUT2D eigenvalue weighted by atomic mass is 9.84. The third-order valence-corrected chi connectivity index (χ3v) is 8.14. The number of rotatable bonds is 6. The second-order valence-electron chi connectivity index (χ2n) is 9.44. The van der Waals surface area contributed by atoms with Gasteiger partial charge < -0.3 is 15.2 Å². The van der Waals surface area contributed by atoms with Crippen molar-refractivity contribution in [3.8, 4) is 0 Å². The maximum Gasteiger partial charge on any atom is 0.244 e. The van der Waals surface area contributed by atoms with Crippen LogP contribution in [0.1, 0.15) is 54.9 Å². The first-order valence-corrected chi connectivity index (χ1v) is 12.9. The smallest absolute Gasteiger partial charge is 0.244 e. The van der Waals surface area contributed by atoms with Crippen LogP contribution in [-0.2, 0) is 4.79 Å². The molecule has 0 spiro atoms. The van der Waals surface area contributed by atoms with E-state index in [1.807, 2.05) is 23.6 Å². The Kier molecular flexibility index (Phi) is 6.75. The van der Waals surface area contributed by atoms with Gasteiger partial charge in [0.1, 0.15) is 0 Å². The third-order valence-electron chi connectivity index (χ3n) is 7.30. The molecule has 3 aromatic rings. The molecule has 1 saturated heterocycles. The summed E-state index contributed by atoms with van der Waals surface area (Å²) in [4.78, 5) is 19.5. The van der Waals surface area contributed by atoms with Gasteiger partial charge in [-0.1, -0.05) is 24.3 Å². The number of fused-ring (bicyclic) bond motifs is 1. The standard InChI is InChI=1S/C27H33N3OS/c31-27(12-11-23-4-3-17-32-23)29-22-9-7-20(8-10-22)19-30-15-13-21(14-16-30)25-18-28-26-6-2-1-5-24(25)26/h1-6,11-12,17-18,20-22,28H,7-10,13-16,19H2,(H,29,31)/b12-11+. The van der Waals surface area contributed by atoms with Gasteiger partial charge in [0.05, 0.1) is 0 Å². The number of carbonyl (C=O) groups excluding carboxylic acids is 1. The van der Waals surface area contributed by atoms with Gasteiger partial charge in [-0.15, -0.1) is 11.3 Å². The van der Waals surface area contributed by atoms with Crippen LogP contribution in [0.25, 0.3) is 17.0 Å². The Morgan fingerprint density at radius 3 is 2.66 bits per heavy atom. The minimum atomic E-state index is 0.0428. The molecule has 168 valence electrons. The van der Waals surface area contributed by atoms with Crippen LogP contribution < -0.4 is 5.32 Å². The Labute approximate surface area is 194 Å². The fourth-order valence-corrected chi connectivity index (χ4v) is 6.12. The maximum atomic E-state index is 12.2. The molecule has 2 aromatic heterocycles. The zero-order chi connectivity index (χ0) is 21.8. The largest absolute Gasteiger partial charge is 0.361 e. The lowest BCUT2D eigenvalue weighted by molar-refractivity contribution is -0.117. The van der Waals surface area contributed by atoms with E-state index in [2.05, 4.69) is 45.7 Å². The van der Waals surface area contributed by atoms with Crippen LogP contribution in [0.5, 0.6) is 0 Å². The van der Waals surface area contributed by atoms with Crippen molar-refractivity contribution >= 4 is 34.2 Å². The van der Waals surface area contributed by atoms with Gasteiger partial charge in [0.2, 0.25) is 5.91 Å². The molecule has 2 aliphatic rings. The topological polar surface area (TPSA) is 48.1 Å². The van der Waals surface area contributed by atoms with Crippen molar-refractivity contribution in [2.45, 2.75) is 50.5 Å². The molecule has 0 radical (unpaired) electrons. The first kappa shape index (κ1) is 21.5. The Bertz CT molecular complexity index is 1040. The zero-order valence-electron chi connectivity index (χ0n) is 18.6. The summed E-state index contributed by atoms with van der Waals surface area (Å²) in [5.74, 6) is 1.49. The summed E-state index contributed by atoms with van der Waals surface area (Å²) in [6.07, 6.45) is 13.0. The number of amides is 1. The number of carbonyl (C=O) groups is 1. The Morgan fingerprint density at radius 1 is 1.06 bits per heavy atom. The molecule has 0 unspecified atom stereocenters. The van der Waals surface area contributed by atoms with Gasteiger partial charge in [0.25, 0.3) is 0 Å². The van der Waals surface area contributed by atoms with E-state index in [1.165, 1.54) is 61.8 Å². The van der Waals surface area contributed by atoms with Crippen LogP contribution in [-0.4, -0.2) is 41.5 Å². The fourth-order valence-electron chi connectivity index (χ4n) is 5.51. The molecule has 1 aliphatic heterocycles. The lowest BCUT2D eigenvalue weighted by Crippen LogP contribution is -2.41. The van der Waals surface area contributed by atoms with E-state index in [9.17, 15) is 4.79 Å². The average molecular weight is 448 g/mol. The van der Waals surface area contributed by atoms with Gasteiger partial charge in [-0.25, -0.2) is 0 Å². The SMILES string of the molecule is O=C(/C=C/c1cccs1)NC1CCC(CN2CCC(c3c[nH]c4ccccc34)CC2)CC1. The highest BCUT2D eigenvalue weighted by Gasteiger charge is 2.27. The summed E-state index contributed by atoms with van der Waals surface area (Å²) in [6, 6.07) is 13.0. The summed E-state index contributed by atoms with van der Waals surface area (Å²) in [5, 5.41) is 6.63. The van der Waals surface area contributed by atoms with Gasteiger partial charge in [-0.05, 0) is 92.6 Å². The van der Waals surface area contributed by atoms with Crippen LogP contribution in [0, 0.1) is 5.92 Å². The Balaban J connectivity index is 1.04. The van der Waals surface area contributed by atoms with Crippen molar-refractivity contribution in [1.29, 1.82) is 0 Å². The number of H-pyrrole nitrogens is 1. The molecule has 2 fully saturated rings. The van der Waals surface area contributed by atoms with Gasteiger partial charge in [0.15, 0.2) is 0 Å². The predicted octanol–water partition coefficient (Wildman–Crippen LogP) is 5.80. The minimum Gasteiger partial charge on any atom is -0.361 e. The Hall–Kier alpha value is -2.37. The molecule has 5 rings (SSSR count).